The van der Waals surface area contributed by atoms with Crippen molar-refractivity contribution in [3.8, 4) is 28.8 Å². The van der Waals surface area contributed by atoms with Crippen LogP contribution < -0.4 is 20.5 Å². The first-order valence-corrected chi connectivity index (χ1v) is 9.21. The largest absolute Gasteiger partial charge is 0.486 e. The van der Waals surface area contributed by atoms with E-state index in [1.165, 1.54) is 0 Å². The number of ether oxygens (including phenoxy) is 2. The van der Waals surface area contributed by atoms with Crippen LogP contribution in [0.4, 0.5) is 11.5 Å². The van der Waals surface area contributed by atoms with Crippen LogP contribution in [0, 0.1) is 11.3 Å². The van der Waals surface area contributed by atoms with Crippen molar-refractivity contribution in [3.05, 3.63) is 59.8 Å². The first-order chi connectivity index (χ1) is 14.6. The van der Waals surface area contributed by atoms with Gasteiger partial charge in [-0.15, -0.1) is 0 Å². The van der Waals surface area contributed by atoms with Gasteiger partial charge >= 0.3 is 0 Å². The van der Waals surface area contributed by atoms with Crippen LogP contribution in [0.15, 0.2) is 48.7 Å². The molecule has 0 fully saturated rings. The summed E-state index contributed by atoms with van der Waals surface area (Å²) in [6.45, 7) is 1.01. The van der Waals surface area contributed by atoms with Crippen molar-refractivity contribution in [2.75, 3.05) is 18.5 Å². The van der Waals surface area contributed by atoms with Crippen molar-refractivity contribution < 1.29 is 14.3 Å². The summed E-state index contributed by atoms with van der Waals surface area (Å²) in [4.78, 5) is 16.0. The van der Waals surface area contributed by atoms with Gasteiger partial charge in [0.25, 0.3) is 0 Å². The summed E-state index contributed by atoms with van der Waals surface area (Å²) in [6, 6.07) is 14.5. The van der Waals surface area contributed by atoms with Crippen LogP contribution in [0.5, 0.6) is 11.5 Å². The molecule has 1 amide bonds. The van der Waals surface area contributed by atoms with Crippen molar-refractivity contribution in [1.29, 1.82) is 5.26 Å². The van der Waals surface area contributed by atoms with Crippen molar-refractivity contribution >= 4 is 23.1 Å². The second kappa shape index (κ2) is 6.86. The number of H-pyrrole nitrogens is 1. The number of anilines is 2. The van der Waals surface area contributed by atoms with E-state index in [2.05, 4.69) is 21.5 Å². The van der Waals surface area contributed by atoms with Crippen LogP contribution in [-0.4, -0.2) is 33.7 Å². The second-order valence-corrected chi connectivity index (χ2v) is 6.69. The number of benzene rings is 2. The number of nitrogens with one attached hydrogen (secondary N) is 2. The number of amides is 1. The summed E-state index contributed by atoms with van der Waals surface area (Å²) in [7, 11) is 0. The minimum Gasteiger partial charge on any atom is -0.486 e. The summed E-state index contributed by atoms with van der Waals surface area (Å²) < 4.78 is 12.9. The number of nitrogens with zero attached hydrogens (tertiary/aromatic N) is 3. The van der Waals surface area contributed by atoms with Crippen LogP contribution >= 0.6 is 0 Å². The molecule has 148 valence electrons. The van der Waals surface area contributed by atoms with Gasteiger partial charge in [-0.05, 0) is 24.3 Å². The number of aromatic nitrogens is 3. The highest BCUT2D eigenvalue weighted by Gasteiger charge is 2.20. The smallest absolute Gasteiger partial charge is 0.248 e. The number of carbonyl (C=O) groups excluding carboxylic acids is 1. The molecule has 1 aliphatic rings. The highest BCUT2D eigenvalue weighted by molar-refractivity contribution is 5.93. The Kier molecular flexibility index (Phi) is 4.03. The average Bonchev–Trinajstić information content (AvgIpc) is 3.33. The molecule has 9 heteroatoms. The fourth-order valence-corrected chi connectivity index (χ4v) is 3.37. The number of nitriles is 1. The number of hydrogen-bond acceptors (Lipinski definition) is 6. The molecule has 0 atom stereocenters. The van der Waals surface area contributed by atoms with Gasteiger partial charge in [-0.3, -0.25) is 9.89 Å². The van der Waals surface area contributed by atoms with E-state index in [1.807, 2.05) is 18.2 Å². The number of carbonyl (C=O) groups is 1. The summed E-state index contributed by atoms with van der Waals surface area (Å²) in [5, 5.41) is 15.8. The topological polar surface area (TPSA) is 130 Å². The third-order valence-electron chi connectivity index (χ3n) is 4.82. The van der Waals surface area contributed by atoms with E-state index in [1.54, 1.807) is 35.0 Å². The normalized spacial score (nSPS) is 12.5. The molecule has 2 aromatic carbocycles. The van der Waals surface area contributed by atoms with E-state index in [4.69, 9.17) is 15.2 Å². The van der Waals surface area contributed by atoms with Gasteiger partial charge in [0.15, 0.2) is 23.0 Å². The molecule has 0 bridgehead atoms. The highest BCUT2D eigenvalue weighted by Crippen LogP contribution is 2.36. The molecule has 4 N–H and O–H groups in total. The Morgan fingerprint density at radius 1 is 1.17 bits per heavy atom. The van der Waals surface area contributed by atoms with Gasteiger partial charge in [-0.1, -0.05) is 12.1 Å². The summed E-state index contributed by atoms with van der Waals surface area (Å²) in [5.74, 6) is 1.48. The molecule has 0 saturated heterocycles. The van der Waals surface area contributed by atoms with E-state index in [-0.39, 0.29) is 0 Å². The molecular formula is C21H16N6O3. The molecule has 9 nitrogen and oxygen atoms in total. The van der Waals surface area contributed by atoms with Crippen molar-refractivity contribution in [2.24, 2.45) is 5.73 Å². The fraction of sp³-hybridized carbons (Fsp3) is 0.0952. The van der Waals surface area contributed by atoms with Crippen LogP contribution in [0.3, 0.4) is 0 Å². The molecule has 0 radical (unpaired) electrons. The average molecular weight is 400 g/mol. The molecule has 2 aromatic heterocycles. The SMILES string of the molecule is N#Cc1c[nH]n2c(Nc3ccc4c(c3)OCCO4)c(-c3ccc(C(N)=O)cc3)nc12. The lowest BCUT2D eigenvalue weighted by atomic mass is 10.1. The maximum absolute atomic E-state index is 11.4. The van der Waals surface area contributed by atoms with Gasteiger partial charge in [-0.2, -0.15) is 5.26 Å². The Hall–Kier alpha value is -4.45. The fourth-order valence-electron chi connectivity index (χ4n) is 3.37. The molecule has 0 aliphatic carbocycles. The Morgan fingerprint density at radius 2 is 1.93 bits per heavy atom. The van der Waals surface area contributed by atoms with Crippen LogP contribution in [0.2, 0.25) is 0 Å². The number of aromatic amines is 1. The summed E-state index contributed by atoms with van der Waals surface area (Å²) in [6.07, 6.45) is 1.59. The Morgan fingerprint density at radius 3 is 2.67 bits per heavy atom. The van der Waals surface area contributed by atoms with E-state index in [0.29, 0.717) is 53.0 Å². The second-order valence-electron chi connectivity index (χ2n) is 6.69. The zero-order chi connectivity index (χ0) is 20.7. The van der Waals surface area contributed by atoms with Gasteiger partial charge in [0.1, 0.15) is 30.5 Å². The standard InChI is InChI=1S/C21H16N6O3/c22-10-14-11-24-27-20(14)26-18(12-1-3-13(4-2-12)19(23)28)21(27)25-15-5-6-16-17(9-15)30-8-7-29-16/h1-6,9,11,24-25H,7-8H2,(H2,23,28). The third-order valence-corrected chi connectivity index (χ3v) is 4.82. The Labute approximate surface area is 170 Å². The number of imidazole rings is 1. The zero-order valence-corrected chi connectivity index (χ0v) is 15.7. The first-order valence-electron chi connectivity index (χ1n) is 9.21. The highest BCUT2D eigenvalue weighted by atomic mass is 16.6. The molecule has 0 saturated carbocycles. The van der Waals surface area contributed by atoms with Gasteiger partial charge in [-0.25, -0.2) is 9.50 Å². The molecule has 5 rings (SSSR count). The van der Waals surface area contributed by atoms with Crippen LogP contribution in [0.25, 0.3) is 16.9 Å². The maximum atomic E-state index is 11.4. The Bertz CT molecular complexity index is 1310. The minimum atomic E-state index is -0.500. The predicted octanol–water partition coefficient (Wildman–Crippen LogP) is 2.81. The molecule has 3 heterocycles. The monoisotopic (exact) mass is 400 g/mol. The first kappa shape index (κ1) is 17.6. The lowest BCUT2D eigenvalue weighted by Gasteiger charge is -2.19. The molecule has 1 aliphatic heterocycles. The molecule has 4 aromatic rings. The number of primary amides is 1. The van der Waals surface area contributed by atoms with E-state index < -0.39 is 5.91 Å². The van der Waals surface area contributed by atoms with Crippen molar-refractivity contribution in [3.63, 3.8) is 0 Å². The van der Waals surface area contributed by atoms with Crippen LogP contribution in [0.1, 0.15) is 15.9 Å². The predicted molar refractivity (Wildman–Crippen MR) is 109 cm³/mol. The number of rotatable bonds is 4. The lowest BCUT2D eigenvalue weighted by Crippen LogP contribution is -2.15. The summed E-state index contributed by atoms with van der Waals surface area (Å²) in [5.41, 5.74) is 8.80. The molecule has 0 unspecified atom stereocenters. The van der Waals surface area contributed by atoms with Gasteiger partial charge in [0.2, 0.25) is 5.91 Å². The third kappa shape index (κ3) is 2.87. The van der Waals surface area contributed by atoms with Crippen molar-refractivity contribution in [1.82, 2.24) is 14.6 Å². The minimum absolute atomic E-state index is 0.405. The van der Waals surface area contributed by atoms with E-state index in [0.717, 1.165) is 11.3 Å². The van der Waals surface area contributed by atoms with Gasteiger partial charge in [0.05, 0.1) is 0 Å². The number of hydrogen-bond donors (Lipinski definition) is 3. The number of nitrogens with two attached hydrogens (primary N) is 1. The quantitative estimate of drug-likeness (QED) is 0.483. The summed E-state index contributed by atoms with van der Waals surface area (Å²) >= 11 is 0. The lowest BCUT2D eigenvalue weighted by molar-refractivity contribution is 0.100. The van der Waals surface area contributed by atoms with Crippen molar-refractivity contribution in [2.45, 2.75) is 0 Å². The Balaban J connectivity index is 1.61. The van der Waals surface area contributed by atoms with Gasteiger partial charge in [0, 0.05) is 29.1 Å². The van der Waals surface area contributed by atoms with E-state index in [9.17, 15) is 10.1 Å². The molecule has 30 heavy (non-hydrogen) atoms. The number of fused-ring (bicyclic) bond motifs is 2. The van der Waals surface area contributed by atoms with Gasteiger partial charge < -0.3 is 20.5 Å². The van der Waals surface area contributed by atoms with E-state index >= 15 is 0 Å². The maximum Gasteiger partial charge on any atom is 0.248 e. The van der Waals surface area contributed by atoms with Crippen LogP contribution in [-0.2, 0) is 0 Å². The molecule has 0 spiro atoms. The molecular weight excluding hydrogens is 384 g/mol. The zero-order valence-electron chi connectivity index (χ0n) is 15.7.